The van der Waals surface area contributed by atoms with Crippen molar-refractivity contribution >= 4 is 5.78 Å². The normalized spacial score (nSPS) is 19.7. The van der Waals surface area contributed by atoms with Gasteiger partial charge >= 0.3 is 0 Å². The fraction of sp³-hybridized carbons (Fsp3) is 0.269. The van der Waals surface area contributed by atoms with Gasteiger partial charge in [0.05, 0.1) is 0 Å². The van der Waals surface area contributed by atoms with Crippen LogP contribution in [0.1, 0.15) is 53.1 Å². The molecule has 0 N–H and O–H groups in total. The Morgan fingerprint density at radius 1 is 0.667 bits per heavy atom. The molecule has 0 radical (unpaired) electrons. The first-order valence-electron chi connectivity index (χ1n) is 10.0. The zero-order chi connectivity index (χ0) is 18.5. The van der Waals surface area contributed by atoms with E-state index in [-0.39, 0.29) is 11.8 Å². The van der Waals surface area contributed by atoms with E-state index in [0.717, 1.165) is 24.8 Å². The fourth-order valence-electron chi connectivity index (χ4n) is 4.71. The number of carbonyl (C=O) groups is 1. The predicted octanol–water partition coefficient (Wildman–Crippen LogP) is 6.51. The number of carbonyl (C=O) groups excluding carboxylic acids is 1. The second-order valence-electron chi connectivity index (χ2n) is 7.58. The molecule has 3 aromatic carbocycles. The topological polar surface area (TPSA) is 17.1 Å². The van der Waals surface area contributed by atoms with Crippen molar-refractivity contribution in [1.82, 2.24) is 0 Å². The maximum absolute atomic E-state index is 13.4. The maximum Gasteiger partial charge on any atom is 0.166 e. The smallest absolute Gasteiger partial charge is 0.166 e. The Hall–Kier alpha value is -2.67. The van der Waals surface area contributed by atoms with Gasteiger partial charge < -0.3 is 0 Å². The van der Waals surface area contributed by atoms with Crippen molar-refractivity contribution < 1.29 is 4.79 Å². The number of hydrogen-bond acceptors (Lipinski definition) is 1. The molecule has 0 heterocycles. The minimum atomic E-state index is 0.0894. The highest BCUT2D eigenvalue weighted by atomic mass is 16.1. The van der Waals surface area contributed by atoms with Gasteiger partial charge in [0.25, 0.3) is 0 Å². The first-order chi connectivity index (χ1) is 13.3. The van der Waals surface area contributed by atoms with E-state index in [1.807, 2.05) is 30.3 Å². The van der Waals surface area contributed by atoms with Gasteiger partial charge in [0, 0.05) is 17.4 Å². The van der Waals surface area contributed by atoms with Crippen LogP contribution < -0.4 is 0 Å². The summed E-state index contributed by atoms with van der Waals surface area (Å²) in [7, 11) is 0. The van der Waals surface area contributed by atoms with Gasteiger partial charge in [-0.1, -0.05) is 104 Å². The highest BCUT2D eigenvalue weighted by molar-refractivity contribution is 5.98. The molecule has 0 aromatic heterocycles. The van der Waals surface area contributed by atoms with E-state index < -0.39 is 0 Å². The highest BCUT2D eigenvalue weighted by Gasteiger charge is 2.37. The van der Waals surface area contributed by atoms with Crippen LogP contribution in [0.15, 0.2) is 91.0 Å². The molecule has 1 fully saturated rings. The molecule has 1 saturated carbocycles. The van der Waals surface area contributed by atoms with Crippen LogP contribution in [0.3, 0.4) is 0 Å². The lowest BCUT2D eigenvalue weighted by atomic mass is 9.66. The molecule has 1 aliphatic carbocycles. The molecule has 1 nitrogen and oxygen atoms in total. The summed E-state index contributed by atoms with van der Waals surface area (Å²) in [6.07, 6.45) is 4.46. The molecule has 1 heteroatoms. The Morgan fingerprint density at radius 3 is 1.70 bits per heavy atom. The monoisotopic (exact) mass is 354 g/mol. The zero-order valence-electron chi connectivity index (χ0n) is 15.6. The lowest BCUT2D eigenvalue weighted by molar-refractivity contribution is 0.0809. The standard InChI is InChI=1S/C26H26O/c27-26(22-16-8-3-9-17-22)24-19-11-10-18-23(24)25(20-12-4-1-5-13-20)21-14-6-2-7-15-21/h1-9,12-17,23-25H,10-11,18-19H2/t23-,24-/m1/s1. The van der Waals surface area contributed by atoms with Gasteiger partial charge in [-0.15, -0.1) is 0 Å². The molecule has 2 atom stereocenters. The van der Waals surface area contributed by atoms with Gasteiger partial charge in [-0.2, -0.15) is 0 Å². The Balaban J connectivity index is 1.74. The van der Waals surface area contributed by atoms with Gasteiger partial charge in [-0.05, 0) is 29.9 Å². The summed E-state index contributed by atoms with van der Waals surface area (Å²) < 4.78 is 0. The van der Waals surface area contributed by atoms with Crippen LogP contribution in [0.4, 0.5) is 0 Å². The SMILES string of the molecule is O=C(c1ccccc1)[C@@H]1CCCC[C@H]1C(c1ccccc1)c1ccccc1. The molecule has 1 aliphatic rings. The molecule has 3 aromatic rings. The van der Waals surface area contributed by atoms with Crippen molar-refractivity contribution in [2.75, 3.05) is 0 Å². The Morgan fingerprint density at radius 2 is 1.15 bits per heavy atom. The second-order valence-corrected chi connectivity index (χ2v) is 7.58. The average molecular weight is 354 g/mol. The van der Waals surface area contributed by atoms with Crippen LogP contribution in [-0.2, 0) is 0 Å². The first kappa shape index (κ1) is 17.7. The van der Waals surface area contributed by atoms with E-state index in [2.05, 4.69) is 60.7 Å². The average Bonchev–Trinajstić information content (AvgIpc) is 2.76. The number of ketones is 1. The molecule has 0 amide bonds. The Kier molecular flexibility index (Phi) is 5.48. The van der Waals surface area contributed by atoms with Crippen molar-refractivity contribution in [3.8, 4) is 0 Å². The van der Waals surface area contributed by atoms with Crippen LogP contribution in [0.25, 0.3) is 0 Å². The molecule has 0 aliphatic heterocycles. The van der Waals surface area contributed by atoms with Crippen LogP contribution >= 0.6 is 0 Å². The van der Waals surface area contributed by atoms with Gasteiger partial charge in [0.2, 0.25) is 0 Å². The molecule has 4 rings (SSSR count). The lowest BCUT2D eigenvalue weighted by Gasteiger charge is -2.37. The largest absolute Gasteiger partial charge is 0.294 e. The third-order valence-electron chi connectivity index (χ3n) is 5.96. The third kappa shape index (κ3) is 3.88. The quantitative estimate of drug-likeness (QED) is 0.477. The van der Waals surface area contributed by atoms with E-state index in [9.17, 15) is 4.79 Å². The molecule has 27 heavy (non-hydrogen) atoms. The van der Waals surface area contributed by atoms with Crippen molar-refractivity contribution in [1.29, 1.82) is 0 Å². The van der Waals surface area contributed by atoms with Crippen molar-refractivity contribution in [2.45, 2.75) is 31.6 Å². The van der Waals surface area contributed by atoms with Crippen LogP contribution in [-0.4, -0.2) is 5.78 Å². The molecule has 0 spiro atoms. The van der Waals surface area contributed by atoms with E-state index in [1.54, 1.807) is 0 Å². The van der Waals surface area contributed by atoms with Crippen molar-refractivity contribution in [2.24, 2.45) is 11.8 Å². The maximum atomic E-state index is 13.4. The molecule has 136 valence electrons. The number of hydrogen-bond donors (Lipinski definition) is 0. The first-order valence-corrected chi connectivity index (χ1v) is 10.0. The summed E-state index contributed by atoms with van der Waals surface area (Å²) in [5.74, 6) is 1.02. The summed E-state index contributed by atoms with van der Waals surface area (Å²) in [6.45, 7) is 0. The molecular weight excluding hydrogens is 328 g/mol. The fourth-order valence-corrected chi connectivity index (χ4v) is 4.71. The van der Waals surface area contributed by atoms with E-state index in [0.29, 0.717) is 11.7 Å². The third-order valence-corrected chi connectivity index (χ3v) is 5.96. The molecular formula is C26H26O. The van der Waals surface area contributed by atoms with E-state index in [4.69, 9.17) is 0 Å². The van der Waals surface area contributed by atoms with Gasteiger partial charge in [0.1, 0.15) is 0 Å². The zero-order valence-corrected chi connectivity index (χ0v) is 15.6. The van der Waals surface area contributed by atoms with Crippen LogP contribution in [0.5, 0.6) is 0 Å². The number of rotatable bonds is 5. The Labute approximate surface area is 162 Å². The molecule has 0 bridgehead atoms. The summed E-state index contributed by atoms with van der Waals surface area (Å²) >= 11 is 0. The number of Topliss-reactive ketones (excluding diaryl/α,β-unsaturated/α-hetero) is 1. The summed E-state index contributed by atoms with van der Waals surface area (Å²) in [5, 5.41) is 0. The van der Waals surface area contributed by atoms with Crippen molar-refractivity contribution in [3.05, 3.63) is 108 Å². The minimum absolute atomic E-state index is 0.0894. The summed E-state index contributed by atoms with van der Waals surface area (Å²) in [6, 6.07) is 31.3. The Bertz CT molecular complexity index is 815. The lowest BCUT2D eigenvalue weighted by Crippen LogP contribution is -2.32. The van der Waals surface area contributed by atoms with Gasteiger partial charge in [0.15, 0.2) is 5.78 Å². The predicted molar refractivity (Wildman–Crippen MR) is 111 cm³/mol. The van der Waals surface area contributed by atoms with Crippen LogP contribution in [0, 0.1) is 11.8 Å². The molecule has 0 saturated heterocycles. The van der Waals surface area contributed by atoms with Gasteiger partial charge in [-0.25, -0.2) is 0 Å². The molecule has 0 unspecified atom stereocenters. The van der Waals surface area contributed by atoms with Crippen LogP contribution in [0.2, 0.25) is 0 Å². The number of benzene rings is 3. The van der Waals surface area contributed by atoms with Crippen molar-refractivity contribution in [3.63, 3.8) is 0 Å². The van der Waals surface area contributed by atoms with E-state index >= 15 is 0 Å². The summed E-state index contributed by atoms with van der Waals surface area (Å²) in [4.78, 5) is 13.4. The summed E-state index contributed by atoms with van der Waals surface area (Å²) in [5.41, 5.74) is 3.50. The second kappa shape index (κ2) is 8.35. The van der Waals surface area contributed by atoms with E-state index in [1.165, 1.54) is 17.5 Å². The minimum Gasteiger partial charge on any atom is -0.294 e. The van der Waals surface area contributed by atoms with Gasteiger partial charge in [-0.3, -0.25) is 4.79 Å². The highest BCUT2D eigenvalue weighted by Crippen LogP contribution is 2.44.